The lowest BCUT2D eigenvalue weighted by molar-refractivity contribution is -0.0181. The molecule has 5 nitrogen and oxygen atoms in total. The van der Waals surface area contributed by atoms with Crippen LogP contribution in [0.4, 0.5) is 0 Å². The van der Waals surface area contributed by atoms with Crippen LogP contribution in [0.5, 0.6) is 0 Å². The van der Waals surface area contributed by atoms with Crippen molar-refractivity contribution in [3.8, 4) is 0 Å². The Morgan fingerprint density at radius 3 is 2.82 bits per heavy atom. The normalized spacial score (nSPS) is 20.2. The molecule has 1 aliphatic rings. The summed E-state index contributed by atoms with van der Waals surface area (Å²) in [7, 11) is 0. The van der Waals surface area contributed by atoms with E-state index in [-0.39, 0.29) is 12.2 Å². The Hall–Kier alpha value is -0.880. The molecule has 1 saturated heterocycles. The average molecular weight is 311 g/mol. The number of ether oxygens (including phenoxy) is 2. The lowest BCUT2D eigenvalue weighted by Gasteiger charge is -2.27. The van der Waals surface area contributed by atoms with Crippen LogP contribution in [0.15, 0.2) is 16.5 Å². The van der Waals surface area contributed by atoms with Crippen LogP contribution in [-0.4, -0.2) is 54.6 Å². The number of hydrogen-bond donors (Lipinski definition) is 1. The summed E-state index contributed by atoms with van der Waals surface area (Å²) < 4.78 is 16.9. The quantitative estimate of drug-likeness (QED) is 0.759. The van der Waals surface area contributed by atoms with Crippen molar-refractivity contribution < 1.29 is 19.0 Å². The van der Waals surface area contributed by atoms with Gasteiger partial charge in [0.05, 0.1) is 31.5 Å². The highest BCUT2D eigenvalue weighted by molar-refractivity contribution is 5.05. The van der Waals surface area contributed by atoms with Crippen molar-refractivity contribution in [1.82, 2.24) is 4.90 Å². The van der Waals surface area contributed by atoms with Gasteiger partial charge in [-0.05, 0) is 45.7 Å². The van der Waals surface area contributed by atoms with Gasteiger partial charge >= 0.3 is 0 Å². The molecular weight excluding hydrogens is 282 g/mol. The van der Waals surface area contributed by atoms with Gasteiger partial charge in [-0.15, -0.1) is 0 Å². The molecular formula is C17H29NO4. The molecule has 0 spiro atoms. The Morgan fingerprint density at radius 2 is 2.23 bits per heavy atom. The standard InChI is InChI=1S/C17H29NO4/c1-13(2)21-12-15(19)9-18(10-16-5-4-8-20-16)11-17-7-6-14(3)22-17/h6-7,13,15-16,19H,4-5,8-12H2,1-3H3. The van der Waals surface area contributed by atoms with E-state index in [9.17, 15) is 5.11 Å². The summed E-state index contributed by atoms with van der Waals surface area (Å²) in [6, 6.07) is 3.97. The van der Waals surface area contributed by atoms with Crippen LogP contribution in [0.3, 0.4) is 0 Å². The van der Waals surface area contributed by atoms with Gasteiger partial charge in [0.1, 0.15) is 11.5 Å². The Balaban J connectivity index is 1.88. The van der Waals surface area contributed by atoms with Gasteiger partial charge in [0.15, 0.2) is 0 Å². The fraction of sp³-hybridized carbons (Fsp3) is 0.765. The maximum absolute atomic E-state index is 10.2. The number of aliphatic hydroxyl groups excluding tert-OH is 1. The summed E-state index contributed by atoms with van der Waals surface area (Å²) in [5.41, 5.74) is 0. The molecule has 0 amide bonds. The first-order valence-corrected chi connectivity index (χ1v) is 8.22. The third kappa shape index (κ3) is 6.08. The fourth-order valence-corrected chi connectivity index (χ4v) is 2.72. The maximum atomic E-state index is 10.2. The molecule has 126 valence electrons. The number of furan rings is 1. The Morgan fingerprint density at radius 1 is 1.41 bits per heavy atom. The molecule has 0 aliphatic carbocycles. The monoisotopic (exact) mass is 311 g/mol. The van der Waals surface area contributed by atoms with Crippen LogP contribution in [0.2, 0.25) is 0 Å². The van der Waals surface area contributed by atoms with Gasteiger partial charge in [-0.25, -0.2) is 0 Å². The number of hydrogen-bond acceptors (Lipinski definition) is 5. The number of aryl methyl sites for hydroxylation is 1. The van der Waals surface area contributed by atoms with Crippen molar-refractivity contribution >= 4 is 0 Å². The number of nitrogens with zero attached hydrogens (tertiary/aromatic N) is 1. The third-order valence-electron chi connectivity index (χ3n) is 3.75. The van der Waals surface area contributed by atoms with Crippen LogP contribution in [-0.2, 0) is 16.0 Å². The number of aliphatic hydroxyl groups is 1. The van der Waals surface area contributed by atoms with E-state index < -0.39 is 6.10 Å². The Kier molecular flexibility index (Phi) is 6.89. The molecule has 0 aromatic carbocycles. The van der Waals surface area contributed by atoms with Crippen molar-refractivity contribution in [3.63, 3.8) is 0 Å². The van der Waals surface area contributed by atoms with Crippen LogP contribution >= 0.6 is 0 Å². The molecule has 1 aromatic heterocycles. The van der Waals surface area contributed by atoms with E-state index in [4.69, 9.17) is 13.9 Å². The van der Waals surface area contributed by atoms with E-state index >= 15 is 0 Å². The SMILES string of the molecule is Cc1ccc(CN(CC(O)COC(C)C)CC2CCCO2)o1. The van der Waals surface area contributed by atoms with Gasteiger partial charge < -0.3 is 19.0 Å². The summed E-state index contributed by atoms with van der Waals surface area (Å²) in [5.74, 6) is 1.84. The molecule has 2 heterocycles. The van der Waals surface area contributed by atoms with E-state index in [1.54, 1.807) is 0 Å². The lowest BCUT2D eigenvalue weighted by Crippen LogP contribution is -2.39. The van der Waals surface area contributed by atoms with Crippen molar-refractivity contribution in [2.45, 2.75) is 58.5 Å². The second-order valence-corrected chi connectivity index (χ2v) is 6.38. The van der Waals surface area contributed by atoms with Gasteiger partial charge in [-0.3, -0.25) is 4.90 Å². The Labute approximate surface area is 133 Å². The summed E-state index contributed by atoms with van der Waals surface area (Å²) in [4.78, 5) is 2.20. The second-order valence-electron chi connectivity index (χ2n) is 6.38. The molecule has 1 aliphatic heterocycles. The van der Waals surface area contributed by atoms with E-state index in [1.807, 2.05) is 32.9 Å². The van der Waals surface area contributed by atoms with Crippen LogP contribution in [0.1, 0.15) is 38.2 Å². The molecule has 22 heavy (non-hydrogen) atoms. The molecule has 2 rings (SSSR count). The predicted octanol–water partition coefficient (Wildman–Crippen LogP) is 2.35. The molecule has 1 N–H and O–H groups in total. The highest BCUT2D eigenvalue weighted by atomic mass is 16.5. The van der Waals surface area contributed by atoms with E-state index in [0.29, 0.717) is 19.7 Å². The van der Waals surface area contributed by atoms with Gasteiger partial charge in [0.25, 0.3) is 0 Å². The lowest BCUT2D eigenvalue weighted by atomic mass is 10.2. The zero-order valence-electron chi connectivity index (χ0n) is 14.0. The van der Waals surface area contributed by atoms with Crippen molar-refractivity contribution in [3.05, 3.63) is 23.7 Å². The highest BCUT2D eigenvalue weighted by Crippen LogP contribution is 2.16. The number of rotatable bonds is 9. The summed E-state index contributed by atoms with van der Waals surface area (Å²) in [6.45, 7) is 9.16. The molecule has 2 unspecified atom stereocenters. The summed E-state index contributed by atoms with van der Waals surface area (Å²) >= 11 is 0. The molecule has 0 bridgehead atoms. The smallest absolute Gasteiger partial charge is 0.118 e. The van der Waals surface area contributed by atoms with Gasteiger partial charge in [0.2, 0.25) is 0 Å². The molecule has 5 heteroatoms. The second kappa shape index (κ2) is 8.67. The maximum Gasteiger partial charge on any atom is 0.118 e. The van der Waals surface area contributed by atoms with E-state index in [2.05, 4.69) is 4.90 Å². The van der Waals surface area contributed by atoms with Crippen LogP contribution in [0.25, 0.3) is 0 Å². The van der Waals surface area contributed by atoms with Crippen molar-refractivity contribution in [1.29, 1.82) is 0 Å². The van der Waals surface area contributed by atoms with Gasteiger partial charge in [0, 0.05) is 19.7 Å². The van der Waals surface area contributed by atoms with Crippen molar-refractivity contribution in [2.75, 3.05) is 26.3 Å². The zero-order chi connectivity index (χ0) is 15.9. The fourth-order valence-electron chi connectivity index (χ4n) is 2.72. The first kappa shape index (κ1) is 17.5. The first-order chi connectivity index (χ1) is 10.5. The average Bonchev–Trinajstić information content (AvgIpc) is 3.08. The van der Waals surface area contributed by atoms with Gasteiger partial charge in [-0.2, -0.15) is 0 Å². The molecule has 1 aromatic rings. The minimum absolute atomic E-state index is 0.133. The first-order valence-electron chi connectivity index (χ1n) is 8.22. The zero-order valence-corrected chi connectivity index (χ0v) is 14.0. The van der Waals surface area contributed by atoms with Gasteiger partial charge in [-0.1, -0.05) is 0 Å². The molecule has 0 saturated carbocycles. The highest BCUT2D eigenvalue weighted by Gasteiger charge is 2.22. The van der Waals surface area contributed by atoms with E-state index in [1.165, 1.54) is 0 Å². The largest absolute Gasteiger partial charge is 0.465 e. The topological polar surface area (TPSA) is 55.1 Å². The van der Waals surface area contributed by atoms with E-state index in [0.717, 1.165) is 37.5 Å². The predicted molar refractivity (Wildman–Crippen MR) is 84.8 cm³/mol. The summed E-state index contributed by atoms with van der Waals surface area (Å²) in [6.07, 6.45) is 2.10. The summed E-state index contributed by atoms with van der Waals surface area (Å²) in [5, 5.41) is 10.2. The van der Waals surface area contributed by atoms with Crippen LogP contribution < -0.4 is 0 Å². The van der Waals surface area contributed by atoms with Crippen molar-refractivity contribution in [2.24, 2.45) is 0 Å². The molecule has 0 radical (unpaired) electrons. The molecule has 2 atom stereocenters. The minimum Gasteiger partial charge on any atom is -0.465 e. The molecule has 1 fully saturated rings. The third-order valence-corrected chi connectivity index (χ3v) is 3.75. The van der Waals surface area contributed by atoms with Crippen LogP contribution in [0, 0.1) is 6.92 Å². The minimum atomic E-state index is -0.500. The Bertz CT molecular complexity index is 426.